The van der Waals surface area contributed by atoms with Gasteiger partial charge in [0.15, 0.2) is 6.10 Å². The minimum absolute atomic E-state index is 0.00946. The molecule has 0 amide bonds. The Kier molecular flexibility index (Phi) is 34.5. The van der Waals surface area contributed by atoms with Gasteiger partial charge in [-0.15, -0.1) is 0 Å². The third kappa shape index (κ3) is 34.5. The average Bonchev–Trinajstić information content (AvgIpc) is 3.12. The van der Waals surface area contributed by atoms with Crippen molar-refractivity contribution < 1.29 is 38.2 Å². The number of carbonyl (C=O) groups excluding carboxylic acids is 3. The van der Waals surface area contributed by atoms with Gasteiger partial charge >= 0.3 is 11.9 Å². The van der Waals surface area contributed by atoms with Gasteiger partial charge in [0, 0.05) is 12.8 Å². The minimum Gasteiger partial charge on any atom is -0.544 e. The van der Waals surface area contributed by atoms with Crippen molar-refractivity contribution in [2.24, 2.45) is 0 Å². The van der Waals surface area contributed by atoms with Crippen LogP contribution < -0.4 is 5.11 Å². The second kappa shape index (κ2) is 36.7. The molecule has 0 fully saturated rings. The SMILES string of the molecule is CC/C=C/C/C=C/C/C=C/CCCCCCCCCCCCCC(=O)OC(COCCC(C(=O)[O-])[N+](C)(C)C)COC(=O)C/C=C/C/C=C/C/C=C/CC. The van der Waals surface area contributed by atoms with Crippen LogP contribution in [0, 0.1) is 0 Å². The number of rotatable bonds is 36. The summed E-state index contributed by atoms with van der Waals surface area (Å²) in [6.45, 7) is 4.30. The molecule has 0 aromatic carbocycles. The fraction of sp³-hybridized carbons (Fsp3) is 0.674. The van der Waals surface area contributed by atoms with Crippen LogP contribution in [0.3, 0.4) is 0 Å². The number of carboxylic acids is 1. The molecule has 0 aliphatic carbocycles. The van der Waals surface area contributed by atoms with Crippen molar-refractivity contribution in [1.82, 2.24) is 0 Å². The monoisotopic (exact) mass is 756 g/mol. The number of likely N-dealkylation sites (N-methyl/N-ethyl adjacent to an activating group) is 1. The molecule has 0 rings (SSSR count). The lowest BCUT2D eigenvalue weighted by molar-refractivity contribution is -0.889. The van der Waals surface area contributed by atoms with Crippen molar-refractivity contribution >= 4 is 17.9 Å². The molecular weight excluding hydrogens is 679 g/mol. The van der Waals surface area contributed by atoms with Gasteiger partial charge in [-0.05, 0) is 57.8 Å². The molecule has 0 radical (unpaired) electrons. The molecule has 8 nitrogen and oxygen atoms in total. The van der Waals surface area contributed by atoms with E-state index in [0.717, 1.165) is 57.8 Å². The van der Waals surface area contributed by atoms with Crippen LogP contribution in [0.4, 0.5) is 0 Å². The molecule has 0 aromatic heterocycles. The number of carbonyl (C=O) groups is 3. The summed E-state index contributed by atoms with van der Waals surface area (Å²) in [5.74, 6) is -1.90. The van der Waals surface area contributed by atoms with Crippen molar-refractivity contribution in [1.29, 1.82) is 0 Å². The van der Waals surface area contributed by atoms with Gasteiger partial charge in [0.25, 0.3) is 0 Å². The Hall–Kier alpha value is -3.23. The van der Waals surface area contributed by atoms with E-state index in [1.165, 1.54) is 57.8 Å². The lowest BCUT2D eigenvalue weighted by atomic mass is 10.0. The summed E-state index contributed by atoms with van der Waals surface area (Å²) in [5.41, 5.74) is 0. The highest BCUT2D eigenvalue weighted by Gasteiger charge is 2.25. The Morgan fingerprint density at radius 3 is 1.54 bits per heavy atom. The first-order valence-corrected chi connectivity index (χ1v) is 21.0. The van der Waals surface area contributed by atoms with Crippen LogP contribution in [-0.4, -0.2) is 75.5 Å². The number of allylic oxidation sites excluding steroid dienone is 11. The predicted molar refractivity (Wildman–Crippen MR) is 222 cm³/mol. The van der Waals surface area contributed by atoms with Crippen LogP contribution in [0.1, 0.15) is 149 Å². The maximum Gasteiger partial charge on any atom is 0.309 e. The zero-order valence-electron chi connectivity index (χ0n) is 34.9. The molecule has 8 heteroatoms. The summed E-state index contributed by atoms with van der Waals surface area (Å²) in [7, 11) is 5.37. The number of carboxylic acid groups (broad SMARTS) is 1. The molecule has 0 saturated heterocycles. The number of hydrogen-bond donors (Lipinski definition) is 0. The van der Waals surface area contributed by atoms with E-state index in [2.05, 4.69) is 74.6 Å². The number of nitrogens with zero attached hydrogens (tertiary/aromatic N) is 1. The molecule has 0 aromatic rings. The number of quaternary nitrogens is 1. The molecule has 54 heavy (non-hydrogen) atoms. The van der Waals surface area contributed by atoms with E-state index in [-0.39, 0.29) is 43.1 Å². The Balaban J connectivity index is 4.32. The van der Waals surface area contributed by atoms with Crippen LogP contribution in [0.5, 0.6) is 0 Å². The van der Waals surface area contributed by atoms with Gasteiger partial charge in [-0.1, -0.05) is 145 Å². The van der Waals surface area contributed by atoms with Gasteiger partial charge < -0.3 is 28.6 Å². The van der Waals surface area contributed by atoms with E-state index in [0.29, 0.717) is 6.42 Å². The molecule has 0 aliphatic heterocycles. The standard InChI is InChI=1S/C46H77NO7/c1-6-8-10-12-14-16-17-18-19-20-21-22-23-24-25-26-27-29-31-33-35-37-45(49)54-42(40-52-39-38-43(46(50)51)47(3,4)5)41-53-44(48)36-34-32-30-28-15-13-11-9-7-2/h8-11,14-16,18-19,28,32,34,42-43H,6-7,12-13,17,20-27,29-31,33,35-41H2,1-5H3/b10-8+,11-9+,16-14+,19-18+,28-15+,34-32+. The lowest BCUT2D eigenvalue weighted by Gasteiger charge is -2.34. The number of aliphatic carboxylic acids is 1. The molecule has 0 bridgehead atoms. The summed E-state index contributed by atoms with van der Waals surface area (Å²) in [6, 6.07) is -0.739. The van der Waals surface area contributed by atoms with Gasteiger partial charge in [0.2, 0.25) is 0 Å². The molecule has 0 saturated carbocycles. The van der Waals surface area contributed by atoms with Crippen molar-refractivity contribution in [2.45, 2.75) is 161 Å². The van der Waals surface area contributed by atoms with Gasteiger partial charge in [-0.25, -0.2) is 0 Å². The number of unbranched alkanes of at least 4 members (excludes halogenated alkanes) is 11. The normalized spacial score (nSPS) is 13.7. The van der Waals surface area contributed by atoms with Crippen LogP contribution in [0.25, 0.3) is 0 Å². The van der Waals surface area contributed by atoms with Crippen molar-refractivity contribution in [3.05, 3.63) is 72.9 Å². The first kappa shape index (κ1) is 50.8. The lowest BCUT2D eigenvalue weighted by Crippen LogP contribution is -2.55. The molecule has 308 valence electrons. The Bertz CT molecular complexity index is 1110. The third-order valence-electron chi connectivity index (χ3n) is 8.87. The van der Waals surface area contributed by atoms with E-state index in [1.54, 1.807) is 27.2 Å². The Labute approximate surface area is 330 Å². The van der Waals surface area contributed by atoms with E-state index in [1.807, 2.05) is 6.08 Å². The van der Waals surface area contributed by atoms with E-state index < -0.39 is 24.1 Å². The topological polar surface area (TPSA) is 102 Å². The summed E-state index contributed by atoms with van der Waals surface area (Å²) >= 11 is 0. The van der Waals surface area contributed by atoms with E-state index in [9.17, 15) is 19.5 Å². The molecule has 0 spiro atoms. The van der Waals surface area contributed by atoms with E-state index in [4.69, 9.17) is 14.2 Å². The highest BCUT2D eigenvalue weighted by molar-refractivity contribution is 5.71. The first-order chi connectivity index (χ1) is 26.1. The zero-order chi connectivity index (χ0) is 40.0. The van der Waals surface area contributed by atoms with Gasteiger partial charge in [0.05, 0.1) is 46.7 Å². The van der Waals surface area contributed by atoms with Crippen LogP contribution in [0.2, 0.25) is 0 Å². The Morgan fingerprint density at radius 1 is 0.574 bits per heavy atom. The van der Waals surface area contributed by atoms with Crippen molar-refractivity contribution in [3.63, 3.8) is 0 Å². The number of esters is 2. The predicted octanol–water partition coefficient (Wildman–Crippen LogP) is 9.85. The maximum absolute atomic E-state index is 12.7. The summed E-state index contributed by atoms with van der Waals surface area (Å²) in [6.07, 6.45) is 45.4. The largest absolute Gasteiger partial charge is 0.544 e. The summed E-state index contributed by atoms with van der Waals surface area (Å²) in [5, 5.41) is 11.6. The fourth-order valence-electron chi connectivity index (χ4n) is 5.67. The molecule has 0 heterocycles. The number of ether oxygens (including phenoxy) is 3. The van der Waals surface area contributed by atoms with Gasteiger partial charge in [-0.3, -0.25) is 9.59 Å². The van der Waals surface area contributed by atoms with Gasteiger partial charge in [0.1, 0.15) is 12.6 Å². The smallest absolute Gasteiger partial charge is 0.309 e. The first-order valence-electron chi connectivity index (χ1n) is 21.0. The molecule has 0 N–H and O–H groups in total. The van der Waals surface area contributed by atoms with Gasteiger partial charge in [-0.2, -0.15) is 0 Å². The van der Waals surface area contributed by atoms with Crippen LogP contribution in [0.15, 0.2) is 72.9 Å². The quantitative estimate of drug-likeness (QED) is 0.0272. The third-order valence-corrected chi connectivity index (χ3v) is 8.87. The minimum atomic E-state index is -1.14. The summed E-state index contributed by atoms with van der Waals surface area (Å²) < 4.78 is 17.0. The number of hydrogen-bond acceptors (Lipinski definition) is 7. The summed E-state index contributed by atoms with van der Waals surface area (Å²) in [4.78, 5) is 36.6. The highest BCUT2D eigenvalue weighted by Crippen LogP contribution is 2.14. The molecular formula is C46H77NO7. The van der Waals surface area contributed by atoms with Crippen LogP contribution >= 0.6 is 0 Å². The van der Waals surface area contributed by atoms with Crippen molar-refractivity contribution in [2.75, 3.05) is 41.0 Å². The van der Waals surface area contributed by atoms with Crippen LogP contribution in [-0.2, 0) is 28.6 Å². The molecule has 2 atom stereocenters. The molecule has 2 unspecified atom stereocenters. The maximum atomic E-state index is 12.7. The zero-order valence-corrected chi connectivity index (χ0v) is 34.9. The highest BCUT2D eigenvalue weighted by atomic mass is 16.6. The second-order valence-corrected chi connectivity index (χ2v) is 14.8. The van der Waals surface area contributed by atoms with E-state index >= 15 is 0 Å². The van der Waals surface area contributed by atoms with Crippen molar-refractivity contribution in [3.8, 4) is 0 Å². The fourth-order valence-corrected chi connectivity index (χ4v) is 5.67. The average molecular weight is 756 g/mol. The Morgan fingerprint density at radius 2 is 1.04 bits per heavy atom. The molecule has 0 aliphatic rings. The second-order valence-electron chi connectivity index (χ2n) is 14.8.